The average molecular weight is 280 g/mol. The molecule has 0 aliphatic heterocycles. The molecule has 0 heterocycles. The molecule has 0 aromatic heterocycles. The van der Waals surface area contributed by atoms with Crippen molar-refractivity contribution in [1.82, 2.24) is 0 Å². The number of nitriles is 2. The van der Waals surface area contributed by atoms with Gasteiger partial charge in [0, 0.05) is 5.56 Å². The molecule has 5 heteroatoms. The van der Waals surface area contributed by atoms with E-state index in [1.54, 1.807) is 48.5 Å². The molecule has 0 aliphatic rings. The summed E-state index contributed by atoms with van der Waals surface area (Å²) in [7, 11) is 0. The van der Waals surface area contributed by atoms with E-state index in [2.05, 4.69) is 0 Å². The van der Waals surface area contributed by atoms with Crippen molar-refractivity contribution in [2.45, 2.75) is 5.60 Å². The summed E-state index contributed by atoms with van der Waals surface area (Å²) in [6.45, 7) is 0. The van der Waals surface area contributed by atoms with Crippen LogP contribution in [0.2, 0.25) is 0 Å². The summed E-state index contributed by atoms with van der Waals surface area (Å²) in [5.41, 5.74) is -1.38. The van der Waals surface area contributed by atoms with E-state index in [9.17, 15) is 9.90 Å². The van der Waals surface area contributed by atoms with Gasteiger partial charge in [0.25, 0.3) is 5.60 Å². The molecule has 0 spiro atoms. The molecule has 0 radical (unpaired) electrons. The number of rotatable bonds is 2. The van der Waals surface area contributed by atoms with E-state index in [4.69, 9.17) is 15.6 Å². The largest absolute Gasteiger partial charge is 0.478 e. The Morgan fingerprint density at radius 3 is 1.67 bits per heavy atom. The predicted octanol–water partition coefficient (Wildman–Crippen LogP) is 2.31. The van der Waals surface area contributed by atoms with Crippen molar-refractivity contribution >= 4 is 5.97 Å². The number of carbonyl (C=O) groups is 1. The van der Waals surface area contributed by atoms with Gasteiger partial charge in [-0.05, 0) is 12.1 Å². The van der Waals surface area contributed by atoms with Crippen LogP contribution in [0, 0.1) is 22.7 Å². The van der Waals surface area contributed by atoms with Crippen molar-refractivity contribution in [2.24, 2.45) is 0 Å². The van der Waals surface area contributed by atoms with Crippen molar-refractivity contribution in [3.8, 4) is 12.1 Å². The Morgan fingerprint density at radius 1 is 0.905 bits per heavy atom. The van der Waals surface area contributed by atoms with Crippen LogP contribution in [0.3, 0.4) is 0 Å². The van der Waals surface area contributed by atoms with Crippen LogP contribution in [0.4, 0.5) is 0 Å². The number of carboxylic acid groups (broad SMARTS) is 1. The second-order valence-corrected chi connectivity index (χ2v) is 3.97. The predicted molar refractivity (Wildman–Crippen MR) is 75.0 cm³/mol. The van der Waals surface area contributed by atoms with Gasteiger partial charge in [0.2, 0.25) is 0 Å². The van der Waals surface area contributed by atoms with Gasteiger partial charge < -0.3 is 10.2 Å². The Hall–Kier alpha value is -3.15. The number of aliphatic hydroxyl groups is 1. The number of nitrogens with zero attached hydrogens (tertiary/aromatic N) is 2. The van der Waals surface area contributed by atoms with Crippen LogP contribution in [0.1, 0.15) is 15.9 Å². The molecule has 0 bridgehead atoms. The van der Waals surface area contributed by atoms with E-state index in [-0.39, 0.29) is 0 Å². The molecule has 0 saturated heterocycles. The first kappa shape index (κ1) is 15.9. The summed E-state index contributed by atoms with van der Waals surface area (Å²) in [5, 5.41) is 34.8. The molecular formula is C16H12N2O3. The SMILES string of the molecule is N#CC(O)(C#N)c1ccccc1.O=C(O)c1ccccc1. The van der Waals surface area contributed by atoms with E-state index >= 15 is 0 Å². The molecular weight excluding hydrogens is 268 g/mol. The van der Waals surface area contributed by atoms with Gasteiger partial charge in [-0.15, -0.1) is 0 Å². The third-order valence-electron chi connectivity index (χ3n) is 2.54. The van der Waals surface area contributed by atoms with E-state index in [1.165, 1.54) is 24.3 Å². The summed E-state index contributed by atoms with van der Waals surface area (Å²) in [6, 6.07) is 19.5. The van der Waals surface area contributed by atoms with Crippen LogP contribution in [-0.2, 0) is 5.60 Å². The van der Waals surface area contributed by atoms with Gasteiger partial charge in [-0.3, -0.25) is 0 Å². The number of hydrogen-bond donors (Lipinski definition) is 2. The fourth-order valence-electron chi connectivity index (χ4n) is 1.41. The van der Waals surface area contributed by atoms with E-state index < -0.39 is 11.6 Å². The average Bonchev–Trinajstić information content (AvgIpc) is 2.56. The number of aromatic carboxylic acids is 1. The third-order valence-corrected chi connectivity index (χ3v) is 2.54. The molecule has 104 valence electrons. The highest BCUT2D eigenvalue weighted by molar-refractivity contribution is 5.87. The van der Waals surface area contributed by atoms with Crippen LogP contribution in [0.15, 0.2) is 60.7 Å². The Labute approximate surface area is 121 Å². The molecule has 0 atom stereocenters. The molecule has 0 fully saturated rings. The lowest BCUT2D eigenvalue weighted by Crippen LogP contribution is -2.20. The minimum Gasteiger partial charge on any atom is -0.478 e. The number of carboxylic acids is 1. The first-order chi connectivity index (χ1) is 10.0. The maximum Gasteiger partial charge on any atom is 0.335 e. The highest BCUT2D eigenvalue weighted by Gasteiger charge is 2.28. The number of benzene rings is 2. The van der Waals surface area contributed by atoms with E-state index in [0.29, 0.717) is 11.1 Å². The fourth-order valence-corrected chi connectivity index (χ4v) is 1.41. The van der Waals surface area contributed by atoms with Gasteiger partial charge in [-0.1, -0.05) is 48.5 Å². The molecule has 21 heavy (non-hydrogen) atoms. The smallest absolute Gasteiger partial charge is 0.335 e. The van der Waals surface area contributed by atoms with Crippen molar-refractivity contribution in [3.05, 3.63) is 71.8 Å². The summed E-state index contributed by atoms with van der Waals surface area (Å²) in [5.74, 6) is -0.879. The second kappa shape index (κ2) is 7.44. The molecule has 0 unspecified atom stereocenters. The van der Waals surface area contributed by atoms with Gasteiger partial charge in [0.05, 0.1) is 5.56 Å². The van der Waals surface area contributed by atoms with Crippen LogP contribution < -0.4 is 0 Å². The zero-order valence-electron chi connectivity index (χ0n) is 11.0. The highest BCUT2D eigenvalue weighted by atomic mass is 16.4. The zero-order valence-corrected chi connectivity index (χ0v) is 11.0. The van der Waals surface area contributed by atoms with Crippen LogP contribution in [-0.4, -0.2) is 16.2 Å². The Balaban J connectivity index is 0.000000219. The topological polar surface area (TPSA) is 105 Å². The molecule has 0 saturated carbocycles. The quantitative estimate of drug-likeness (QED) is 0.821. The Bertz CT molecular complexity index is 656. The van der Waals surface area contributed by atoms with Gasteiger partial charge >= 0.3 is 5.97 Å². The van der Waals surface area contributed by atoms with Crippen molar-refractivity contribution in [3.63, 3.8) is 0 Å². The molecule has 5 nitrogen and oxygen atoms in total. The monoisotopic (exact) mass is 280 g/mol. The summed E-state index contributed by atoms with van der Waals surface area (Å²) in [6.07, 6.45) is 0. The molecule has 2 aromatic rings. The maximum atomic E-state index is 10.2. The van der Waals surface area contributed by atoms with Crippen molar-refractivity contribution < 1.29 is 15.0 Å². The lowest BCUT2D eigenvalue weighted by molar-refractivity contribution is 0.0697. The number of hydrogen-bond acceptors (Lipinski definition) is 4. The second-order valence-electron chi connectivity index (χ2n) is 3.97. The summed E-state index contributed by atoms with van der Waals surface area (Å²) >= 11 is 0. The van der Waals surface area contributed by atoms with Crippen molar-refractivity contribution in [1.29, 1.82) is 10.5 Å². The Kier molecular flexibility index (Phi) is 5.64. The van der Waals surface area contributed by atoms with Gasteiger partial charge in [-0.2, -0.15) is 10.5 Å². The zero-order chi connectivity index (χ0) is 15.7. The molecule has 2 aromatic carbocycles. The summed E-state index contributed by atoms with van der Waals surface area (Å²) in [4.78, 5) is 10.2. The van der Waals surface area contributed by atoms with Crippen LogP contribution in [0.5, 0.6) is 0 Å². The lowest BCUT2D eigenvalue weighted by atomic mass is 9.98. The highest BCUT2D eigenvalue weighted by Crippen LogP contribution is 2.18. The van der Waals surface area contributed by atoms with Gasteiger partial charge in [0.15, 0.2) is 0 Å². The Morgan fingerprint density at radius 2 is 1.33 bits per heavy atom. The summed E-state index contributed by atoms with van der Waals surface area (Å²) < 4.78 is 0. The fraction of sp³-hybridized carbons (Fsp3) is 0.0625. The molecule has 0 amide bonds. The van der Waals surface area contributed by atoms with Crippen molar-refractivity contribution in [2.75, 3.05) is 0 Å². The minimum absolute atomic E-state index is 0.301. The van der Waals surface area contributed by atoms with Gasteiger partial charge in [0.1, 0.15) is 12.1 Å². The third kappa shape index (κ3) is 4.46. The molecule has 2 rings (SSSR count). The molecule has 0 aliphatic carbocycles. The maximum absolute atomic E-state index is 10.2. The van der Waals surface area contributed by atoms with Crippen LogP contribution in [0.25, 0.3) is 0 Å². The first-order valence-electron chi connectivity index (χ1n) is 5.92. The van der Waals surface area contributed by atoms with Crippen LogP contribution >= 0.6 is 0 Å². The van der Waals surface area contributed by atoms with E-state index in [0.717, 1.165) is 0 Å². The standard InChI is InChI=1S/C9H6N2O.C7H6O2/c10-6-9(12,7-11)8-4-2-1-3-5-8;8-7(9)6-4-2-1-3-5-6/h1-5,12H;1-5H,(H,8,9). The normalized spacial score (nSPS) is 9.48. The lowest BCUT2D eigenvalue weighted by Gasteiger charge is -2.09. The van der Waals surface area contributed by atoms with E-state index in [1.807, 2.05) is 0 Å². The first-order valence-corrected chi connectivity index (χ1v) is 5.92. The minimum atomic E-state index is -2.01. The van der Waals surface area contributed by atoms with Gasteiger partial charge in [-0.25, -0.2) is 4.79 Å². The molecule has 2 N–H and O–H groups in total.